The summed E-state index contributed by atoms with van der Waals surface area (Å²) in [5, 5.41) is 11.0. The monoisotopic (exact) mass is 267 g/mol. The zero-order chi connectivity index (χ0) is 13.8. The number of nitrogen functional groups attached to an aromatic ring is 1. The molecule has 104 valence electrons. The summed E-state index contributed by atoms with van der Waals surface area (Å²) < 4.78 is 5.55. The summed E-state index contributed by atoms with van der Waals surface area (Å²) in [6.07, 6.45) is 3.04. The third kappa shape index (κ3) is 3.08. The average molecular weight is 267 g/mol. The van der Waals surface area contributed by atoms with Gasteiger partial charge in [-0.25, -0.2) is 4.98 Å². The van der Waals surface area contributed by atoms with Crippen LogP contribution in [0.25, 0.3) is 0 Å². The molecule has 8 heteroatoms. The molecule has 0 spiro atoms. The van der Waals surface area contributed by atoms with E-state index in [0.29, 0.717) is 25.5 Å². The van der Waals surface area contributed by atoms with Crippen molar-refractivity contribution in [3.63, 3.8) is 0 Å². The first-order valence-corrected chi connectivity index (χ1v) is 6.25. The van der Waals surface area contributed by atoms with Gasteiger partial charge in [0.1, 0.15) is 6.20 Å². The molecule has 2 N–H and O–H groups in total. The van der Waals surface area contributed by atoms with Crippen LogP contribution in [0.4, 0.5) is 17.5 Å². The van der Waals surface area contributed by atoms with Crippen LogP contribution in [0.5, 0.6) is 0 Å². The molecule has 0 atom stereocenters. The lowest BCUT2D eigenvalue weighted by Gasteiger charge is -2.32. The average Bonchev–Trinajstić information content (AvgIpc) is 2.39. The summed E-state index contributed by atoms with van der Waals surface area (Å²) >= 11 is 0. The number of aromatic nitrogens is 2. The Morgan fingerprint density at radius 2 is 2.26 bits per heavy atom. The van der Waals surface area contributed by atoms with Crippen LogP contribution in [0.2, 0.25) is 0 Å². The van der Waals surface area contributed by atoms with Crippen molar-refractivity contribution in [2.45, 2.75) is 25.9 Å². The number of nitrogens with two attached hydrogens (primary N) is 1. The third-order valence-corrected chi connectivity index (χ3v) is 3.11. The number of hydrogen-bond donors (Lipinski definition) is 1. The van der Waals surface area contributed by atoms with E-state index in [1.54, 1.807) is 0 Å². The van der Waals surface area contributed by atoms with Crippen molar-refractivity contribution >= 4 is 17.5 Å². The number of anilines is 2. The van der Waals surface area contributed by atoms with Crippen molar-refractivity contribution in [1.29, 1.82) is 0 Å². The minimum Gasteiger partial charge on any atom is -0.378 e. The summed E-state index contributed by atoms with van der Waals surface area (Å²) in [7, 11) is 0. The topological polar surface area (TPSA) is 107 Å². The standard InChI is InChI=1S/C11H17N5O3/c1-2-19-8-3-5-15(6-4-8)10-9(16(17)18)7-13-11(12)14-10/h7-8H,2-6H2,1H3,(H2,12,13,14). The lowest BCUT2D eigenvalue weighted by Crippen LogP contribution is -2.38. The van der Waals surface area contributed by atoms with Crippen molar-refractivity contribution in [2.24, 2.45) is 0 Å². The van der Waals surface area contributed by atoms with Crippen molar-refractivity contribution in [2.75, 3.05) is 30.3 Å². The molecule has 0 amide bonds. The summed E-state index contributed by atoms with van der Waals surface area (Å²) in [6, 6.07) is 0. The van der Waals surface area contributed by atoms with Gasteiger partial charge in [-0.05, 0) is 19.8 Å². The van der Waals surface area contributed by atoms with E-state index in [4.69, 9.17) is 10.5 Å². The molecule has 19 heavy (non-hydrogen) atoms. The zero-order valence-electron chi connectivity index (χ0n) is 10.8. The molecule has 2 rings (SSSR count). The Morgan fingerprint density at radius 1 is 1.58 bits per heavy atom. The first-order chi connectivity index (χ1) is 9.11. The summed E-state index contributed by atoms with van der Waals surface area (Å²) in [6.45, 7) is 3.98. The first kappa shape index (κ1) is 13.5. The smallest absolute Gasteiger partial charge is 0.329 e. The molecule has 1 aromatic heterocycles. The zero-order valence-corrected chi connectivity index (χ0v) is 10.8. The van der Waals surface area contributed by atoms with E-state index < -0.39 is 4.92 Å². The molecule has 1 aliphatic heterocycles. The largest absolute Gasteiger partial charge is 0.378 e. The highest BCUT2D eigenvalue weighted by Gasteiger charge is 2.26. The molecular weight excluding hydrogens is 250 g/mol. The van der Waals surface area contributed by atoms with Crippen molar-refractivity contribution in [3.8, 4) is 0 Å². The van der Waals surface area contributed by atoms with E-state index >= 15 is 0 Å². The molecule has 1 aliphatic rings. The van der Waals surface area contributed by atoms with E-state index in [0.717, 1.165) is 19.0 Å². The van der Waals surface area contributed by atoms with Crippen LogP contribution < -0.4 is 10.6 Å². The maximum atomic E-state index is 11.0. The van der Waals surface area contributed by atoms with Gasteiger partial charge in [-0.2, -0.15) is 4.98 Å². The van der Waals surface area contributed by atoms with Crippen LogP contribution in [0.15, 0.2) is 6.20 Å². The van der Waals surface area contributed by atoms with Gasteiger partial charge in [0, 0.05) is 19.7 Å². The Kier molecular flexibility index (Phi) is 4.10. The normalized spacial score (nSPS) is 16.6. The van der Waals surface area contributed by atoms with Crippen LogP contribution in [0.1, 0.15) is 19.8 Å². The van der Waals surface area contributed by atoms with Gasteiger partial charge in [-0.1, -0.05) is 0 Å². The highest BCUT2D eigenvalue weighted by Crippen LogP contribution is 2.28. The van der Waals surface area contributed by atoms with Gasteiger partial charge in [-0.3, -0.25) is 10.1 Å². The third-order valence-electron chi connectivity index (χ3n) is 3.11. The van der Waals surface area contributed by atoms with E-state index in [-0.39, 0.29) is 17.7 Å². The Bertz CT molecular complexity index is 460. The van der Waals surface area contributed by atoms with Gasteiger partial charge in [0.25, 0.3) is 0 Å². The molecule has 2 heterocycles. The minimum absolute atomic E-state index is 0.0486. The summed E-state index contributed by atoms with van der Waals surface area (Å²) in [5.41, 5.74) is 5.41. The quantitative estimate of drug-likeness (QED) is 0.639. The highest BCUT2D eigenvalue weighted by atomic mass is 16.6. The second kappa shape index (κ2) is 5.79. The molecule has 0 aromatic carbocycles. The number of nitrogens with zero attached hydrogens (tertiary/aromatic N) is 4. The van der Waals surface area contributed by atoms with Crippen LogP contribution in [-0.4, -0.2) is 40.7 Å². The maximum absolute atomic E-state index is 11.0. The van der Waals surface area contributed by atoms with Gasteiger partial charge < -0.3 is 15.4 Å². The van der Waals surface area contributed by atoms with E-state index in [9.17, 15) is 10.1 Å². The lowest BCUT2D eigenvalue weighted by atomic mass is 10.1. The molecule has 0 aliphatic carbocycles. The van der Waals surface area contributed by atoms with E-state index in [1.807, 2.05) is 11.8 Å². The second-order valence-electron chi connectivity index (χ2n) is 4.34. The first-order valence-electron chi connectivity index (χ1n) is 6.25. The predicted molar refractivity (Wildman–Crippen MR) is 70.0 cm³/mol. The molecule has 0 unspecified atom stereocenters. The van der Waals surface area contributed by atoms with Gasteiger partial charge in [0.15, 0.2) is 0 Å². The molecule has 0 radical (unpaired) electrons. The molecule has 0 bridgehead atoms. The molecule has 1 saturated heterocycles. The van der Waals surface area contributed by atoms with E-state index in [1.165, 1.54) is 0 Å². The van der Waals surface area contributed by atoms with Crippen molar-refractivity contribution in [3.05, 3.63) is 16.3 Å². The van der Waals surface area contributed by atoms with Gasteiger partial charge in [-0.15, -0.1) is 0 Å². The fourth-order valence-corrected chi connectivity index (χ4v) is 2.21. The predicted octanol–water partition coefficient (Wildman–Crippen LogP) is 0.972. The number of hydrogen-bond acceptors (Lipinski definition) is 7. The molecular formula is C11H17N5O3. The summed E-state index contributed by atoms with van der Waals surface area (Å²) in [4.78, 5) is 20.0. The van der Waals surface area contributed by atoms with Crippen LogP contribution >= 0.6 is 0 Å². The SMILES string of the molecule is CCOC1CCN(c2nc(N)ncc2[N+](=O)[O-])CC1. The number of nitro groups is 1. The Labute approximate surface area is 110 Å². The number of ether oxygens (including phenoxy) is 1. The van der Waals surface area contributed by atoms with Crippen molar-refractivity contribution < 1.29 is 9.66 Å². The van der Waals surface area contributed by atoms with Crippen LogP contribution in [0.3, 0.4) is 0 Å². The maximum Gasteiger partial charge on any atom is 0.329 e. The minimum atomic E-state index is -0.483. The molecule has 1 fully saturated rings. The fraction of sp³-hybridized carbons (Fsp3) is 0.636. The fourth-order valence-electron chi connectivity index (χ4n) is 2.21. The lowest BCUT2D eigenvalue weighted by molar-refractivity contribution is -0.384. The Balaban J connectivity index is 2.14. The van der Waals surface area contributed by atoms with Crippen LogP contribution in [0, 0.1) is 10.1 Å². The van der Waals surface area contributed by atoms with Gasteiger partial charge >= 0.3 is 5.69 Å². The molecule has 8 nitrogen and oxygen atoms in total. The van der Waals surface area contributed by atoms with E-state index in [2.05, 4.69) is 9.97 Å². The second-order valence-corrected chi connectivity index (χ2v) is 4.34. The number of rotatable bonds is 4. The Hall–Kier alpha value is -1.96. The number of piperidine rings is 1. The van der Waals surface area contributed by atoms with Crippen LogP contribution in [-0.2, 0) is 4.74 Å². The van der Waals surface area contributed by atoms with Gasteiger partial charge in [0.2, 0.25) is 11.8 Å². The van der Waals surface area contributed by atoms with Crippen molar-refractivity contribution in [1.82, 2.24) is 9.97 Å². The van der Waals surface area contributed by atoms with Gasteiger partial charge in [0.05, 0.1) is 11.0 Å². The molecule has 1 aromatic rings. The Morgan fingerprint density at radius 3 is 2.84 bits per heavy atom. The highest BCUT2D eigenvalue weighted by molar-refractivity contribution is 5.58. The molecule has 0 saturated carbocycles. The summed E-state index contributed by atoms with van der Waals surface area (Å²) in [5.74, 6) is 0.347.